The number of hydrogen-bond acceptors (Lipinski definition) is 4. The molecule has 0 fully saturated rings. The molecule has 0 bridgehead atoms. The van der Waals surface area contributed by atoms with E-state index in [9.17, 15) is 8.42 Å². The lowest BCUT2D eigenvalue weighted by atomic mass is 10.1. The number of benzene rings is 1. The van der Waals surface area contributed by atoms with Crippen molar-refractivity contribution in [3.63, 3.8) is 0 Å². The molecule has 0 saturated carbocycles. The first-order valence-corrected chi connectivity index (χ1v) is 8.34. The standard InChI is InChI=1S/C15H22N2O3S/c1-11-8-14(16)9-15(12(11)2)21(18,19)17-6-4-13(5-7-17)10-20-3/h4,8-9H,5-7,10,16H2,1-3H3. The smallest absolute Gasteiger partial charge is 0.243 e. The van der Waals surface area contributed by atoms with Gasteiger partial charge in [-0.15, -0.1) is 0 Å². The van der Waals surface area contributed by atoms with Gasteiger partial charge in [-0.05, 0) is 49.1 Å². The highest BCUT2D eigenvalue weighted by Gasteiger charge is 2.28. The van der Waals surface area contributed by atoms with Gasteiger partial charge in [0, 0.05) is 25.9 Å². The van der Waals surface area contributed by atoms with Crippen LogP contribution in [-0.4, -0.2) is 39.5 Å². The van der Waals surface area contributed by atoms with E-state index in [1.807, 2.05) is 19.9 Å². The third-order valence-electron chi connectivity index (χ3n) is 3.86. The molecule has 6 heteroatoms. The zero-order chi connectivity index (χ0) is 15.6. The quantitative estimate of drug-likeness (QED) is 0.680. The highest BCUT2D eigenvalue weighted by atomic mass is 32.2. The Balaban J connectivity index is 2.32. The Morgan fingerprint density at radius 1 is 1.33 bits per heavy atom. The van der Waals surface area contributed by atoms with E-state index in [0.29, 0.717) is 36.7 Å². The molecule has 5 nitrogen and oxygen atoms in total. The summed E-state index contributed by atoms with van der Waals surface area (Å²) >= 11 is 0. The van der Waals surface area contributed by atoms with Gasteiger partial charge in [0.1, 0.15) is 0 Å². The maximum absolute atomic E-state index is 12.8. The van der Waals surface area contributed by atoms with Crippen LogP contribution in [0.2, 0.25) is 0 Å². The molecular formula is C15H22N2O3S. The first-order chi connectivity index (χ1) is 9.86. The van der Waals surface area contributed by atoms with Gasteiger partial charge in [0.25, 0.3) is 0 Å². The van der Waals surface area contributed by atoms with Gasteiger partial charge in [0.05, 0.1) is 11.5 Å². The minimum atomic E-state index is -3.51. The Kier molecular flexibility index (Phi) is 4.70. The van der Waals surface area contributed by atoms with Crippen LogP contribution in [0, 0.1) is 13.8 Å². The average molecular weight is 310 g/mol. The molecule has 116 valence electrons. The summed E-state index contributed by atoms with van der Waals surface area (Å²) in [6.45, 7) is 5.11. The van der Waals surface area contributed by atoms with Gasteiger partial charge in [0.2, 0.25) is 10.0 Å². The summed E-state index contributed by atoms with van der Waals surface area (Å²) in [5.41, 5.74) is 9.07. The van der Waals surface area contributed by atoms with Crippen LogP contribution in [0.4, 0.5) is 5.69 Å². The largest absolute Gasteiger partial charge is 0.399 e. The molecule has 1 aliphatic heterocycles. The number of nitrogen functional groups attached to an aromatic ring is 1. The summed E-state index contributed by atoms with van der Waals surface area (Å²) < 4.78 is 32.2. The van der Waals surface area contributed by atoms with Crippen LogP contribution in [0.5, 0.6) is 0 Å². The second-order valence-electron chi connectivity index (χ2n) is 5.37. The normalized spacial score (nSPS) is 16.8. The minimum absolute atomic E-state index is 0.309. The van der Waals surface area contributed by atoms with Gasteiger partial charge in [0.15, 0.2) is 0 Å². The topological polar surface area (TPSA) is 72.6 Å². The van der Waals surface area contributed by atoms with Crippen LogP contribution in [-0.2, 0) is 14.8 Å². The van der Waals surface area contributed by atoms with Crippen molar-refractivity contribution < 1.29 is 13.2 Å². The zero-order valence-corrected chi connectivity index (χ0v) is 13.5. The average Bonchev–Trinajstić information content (AvgIpc) is 2.43. The Morgan fingerprint density at radius 2 is 2.05 bits per heavy atom. The molecule has 1 aromatic rings. The highest BCUT2D eigenvalue weighted by Crippen LogP contribution is 2.27. The monoisotopic (exact) mass is 310 g/mol. The second kappa shape index (κ2) is 6.17. The number of methoxy groups -OCH3 is 1. The van der Waals surface area contributed by atoms with Crippen molar-refractivity contribution in [2.75, 3.05) is 32.5 Å². The van der Waals surface area contributed by atoms with Crippen LogP contribution in [0.15, 0.2) is 28.7 Å². The van der Waals surface area contributed by atoms with Crippen molar-refractivity contribution in [3.05, 3.63) is 34.9 Å². The first kappa shape index (κ1) is 16.0. The van der Waals surface area contributed by atoms with Gasteiger partial charge in [-0.3, -0.25) is 0 Å². The van der Waals surface area contributed by atoms with E-state index in [-0.39, 0.29) is 0 Å². The Morgan fingerprint density at radius 3 is 2.62 bits per heavy atom. The van der Waals surface area contributed by atoms with Crippen LogP contribution in [0.25, 0.3) is 0 Å². The summed E-state index contributed by atoms with van der Waals surface area (Å²) in [4.78, 5) is 0.309. The fourth-order valence-electron chi connectivity index (χ4n) is 2.49. The lowest BCUT2D eigenvalue weighted by Gasteiger charge is -2.26. The molecule has 0 aliphatic carbocycles. The van der Waals surface area contributed by atoms with E-state index in [2.05, 4.69) is 0 Å². The summed E-state index contributed by atoms with van der Waals surface area (Å²) in [6, 6.07) is 3.34. The van der Waals surface area contributed by atoms with E-state index in [1.54, 1.807) is 19.2 Å². The fourth-order valence-corrected chi connectivity index (χ4v) is 4.20. The predicted molar refractivity (Wildman–Crippen MR) is 83.7 cm³/mol. The Labute approximate surface area is 126 Å². The van der Waals surface area contributed by atoms with E-state index in [4.69, 9.17) is 10.5 Å². The number of sulfonamides is 1. The summed E-state index contributed by atoms with van der Waals surface area (Å²) in [6.07, 6.45) is 2.63. The summed E-state index contributed by atoms with van der Waals surface area (Å²) in [5, 5.41) is 0. The Bertz CT molecular complexity index is 666. The van der Waals surface area contributed by atoms with Crippen LogP contribution in [0.3, 0.4) is 0 Å². The SMILES string of the molecule is COCC1=CCN(S(=O)(=O)c2cc(N)cc(C)c2C)CC1. The molecular weight excluding hydrogens is 288 g/mol. The number of aryl methyl sites for hydroxylation is 1. The van der Waals surface area contributed by atoms with E-state index < -0.39 is 10.0 Å². The van der Waals surface area contributed by atoms with E-state index >= 15 is 0 Å². The van der Waals surface area contributed by atoms with Gasteiger partial charge in [-0.1, -0.05) is 6.08 Å². The van der Waals surface area contributed by atoms with Crippen molar-refractivity contribution in [2.24, 2.45) is 0 Å². The molecule has 1 heterocycles. The van der Waals surface area contributed by atoms with Crippen molar-refractivity contribution in [3.8, 4) is 0 Å². The van der Waals surface area contributed by atoms with Gasteiger partial charge in [-0.25, -0.2) is 8.42 Å². The third-order valence-corrected chi connectivity index (χ3v) is 5.85. The number of nitrogens with zero attached hydrogens (tertiary/aromatic N) is 1. The molecule has 0 radical (unpaired) electrons. The fraction of sp³-hybridized carbons (Fsp3) is 0.467. The molecule has 2 rings (SSSR count). The molecule has 1 aliphatic rings. The van der Waals surface area contributed by atoms with E-state index in [1.165, 1.54) is 4.31 Å². The maximum atomic E-state index is 12.8. The number of anilines is 1. The second-order valence-corrected chi connectivity index (χ2v) is 7.28. The molecule has 0 atom stereocenters. The predicted octanol–water partition coefficient (Wildman–Crippen LogP) is 1.85. The van der Waals surface area contributed by atoms with Crippen molar-refractivity contribution in [1.29, 1.82) is 0 Å². The molecule has 0 unspecified atom stereocenters. The molecule has 0 saturated heterocycles. The molecule has 1 aromatic carbocycles. The van der Waals surface area contributed by atoms with Gasteiger partial charge < -0.3 is 10.5 Å². The van der Waals surface area contributed by atoms with Gasteiger partial charge in [-0.2, -0.15) is 4.31 Å². The maximum Gasteiger partial charge on any atom is 0.243 e. The molecule has 0 spiro atoms. The van der Waals surface area contributed by atoms with Crippen molar-refractivity contribution in [2.45, 2.75) is 25.2 Å². The summed E-state index contributed by atoms with van der Waals surface area (Å²) in [5.74, 6) is 0. The first-order valence-electron chi connectivity index (χ1n) is 6.90. The number of ether oxygens (including phenoxy) is 1. The summed E-state index contributed by atoms with van der Waals surface area (Å²) in [7, 11) is -1.87. The number of nitrogens with two attached hydrogens (primary N) is 1. The molecule has 0 aromatic heterocycles. The zero-order valence-electron chi connectivity index (χ0n) is 12.7. The van der Waals surface area contributed by atoms with Crippen molar-refractivity contribution in [1.82, 2.24) is 4.31 Å². The molecule has 0 amide bonds. The van der Waals surface area contributed by atoms with Crippen LogP contribution < -0.4 is 5.73 Å². The Hall–Kier alpha value is -1.37. The van der Waals surface area contributed by atoms with Crippen LogP contribution >= 0.6 is 0 Å². The van der Waals surface area contributed by atoms with Crippen molar-refractivity contribution >= 4 is 15.7 Å². The van der Waals surface area contributed by atoms with Gasteiger partial charge >= 0.3 is 0 Å². The number of hydrogen-bond donors (Lipinski definition) is 1. The molecule has 21 heavy (non-hydrogen) atoms. The number of rotatable bonds is 4. The minimum Gasteiger partial charge on any atom is -0.399 e. The lowest BCUT2D eigenvalue weighted by molar-refractivity contribution is 0.219. The third kappa shape index (κ3) is 3.28. The van der Waals surface area contributed by atoms with E-state index in [0.717, 1.165) is 16.7 Å². The molecule has 2 N–H and O–H groups in total. The highest BCUT2D eigenvalue weighted by molar-refractivity contribution is 7.89. The van der Waals surface area contributed by atoms with Crippen LogP contribution in [0.1, 0.15) is 17.5 Å². The lowest BCUT2D eigenvalue weighted by Crippen LogP contribution is -2.35.